The summed E-state index contributed by atoms with van der Waals surface area (Å²) in [7, 11) is 0. The predicted molar refractivity (Wildman–Crippen MR) is 91.0 cm³/mol. The van der Waals surface area contributed by atoms with Gasteiger partial charge in [-0.15, -0.1) is 0 Å². The Morgan fingerprint density at radius 2 is 1.87 bits per heavy atom. The third kappa shape index (κ3) is 4.79. The van der Waals surface area contributed by atoms with Crippen molar-refractivity contribution in [2.45, 2.75) is 44.4 Å². The maximum Gasteiger partial charge on any atom is 0.239 e. The van der Waals surface area contributed by atoms with E-state index in [0.29, 0.717) is 6.54 Å². The van der Waals surface area contributed by atoms with E-state index in [1.165, 1.54) is 30.4 Å². The number of amides is 2. The van der Waals surface area contributed by atoms with Crippen LogP contribution in [0.5, 0.6) is 0 Å². The summed E-state index contributed by atoms with van der Waals surface area (Å²) in [6.45, 7) is 2.61. The van der Waals surface area contributed by atoms with Crippen LogP contribution < -0.4 is 16.4 Å². The third-order valence-electron chi connectivity index (χ3n) is 4.70. The molecular weight excluding hydrogens is 290 g/mol. The highest BCUT2D eigenvalue weighted by Crippen LogP contribution is 2.39. The van der Waals surface area contributed by atoms with Crippen molar-refractivity contribution in [2.24, 2.45) is 5.73 Å². The molecule has 1 fully saturated rings. The van der Waals surface area contributed by atoms with Crippen LogP contribution in [-0.2, 0) is 15.0 Å². The van der Waals surface area contributed by atoms with E-state index in [1.807, 2.05) is 0 Å². The molecule has 0 heterocycles. The van der Waals surface area contributed by atoms with Crippen molar-refractivity contribution in [3.8, 4) is 0 Å². The molecule has 0 spiro atoms. The van der Waals surface area contributed by atoms with Crippen molar-refractivity contribution in [3.05, 3.63) is 35.4 Å². The monoisotopic (exact) mass is 317 g/mol. The molecule has 2 rings (SSSR count). The van der Waals surface area contributed by atoms with Gasteiger partial charge in [-0.2, -0.15) is 0 Å². The fourth-order valence-electron chi connectivity index (χ4n) is 3.35. The van der Waals surface area contributed by atoms with Crippen molar-refractivity contribution in [3.63, 3.8) is 0 Å². The second-order valence-corrected chi connectivity index (χ2v) is 6.47. The van der Waals surface area contributed by atoms with Crippen LogP contribution in [-0.4, -0.2) is 31.4 Å². The molecule has 0 atom stereocenters. The van der Waals surface area contributed by atoms with Gasteiger partial charge in [0.15, 0.2) is 0 Å². The second-order valence-electron chi connectivity index (χ2n) is 6.47. The van der Waals surface area contributed by atoms with Gasteiger partial charge < -0.3 is 16.4 Å². The topological polar surface area (TPSA) is 84.2 Å². The second kappa shape index (κ2) is 8.11. The van der Waals surface area contributed by atoms with Crippen LogP contribution in [0.3, 0.4) is 0 Å². The quantitative estimate of drug-likeness (QED) is 0.741. The fourth-order valence-corrected chi connectivity index (χ4v) is 3.35. The molecular formula is C18H27N3O2. The lowest BCUT2D eigenvalue weighted by atomic mass is 9.69. The van der Waals surface area contributed by atoms with Gasteiger partial charge in [-0.05, 0) is 25.3 Å². The van der Waals surface area contributed by atoms with E-state index in [-0.39, 0.29) is 30.3 Å². The van der Waals surface area contributed by atoms with E-state index in [4.69, 9.17) is 5.73 Å². The van der Waals surface area contributed by atoms with Crippen LogP contribution >= 0.6 is 0 Å². The van der Waals surface area contributed by atoms with Crippen molar-refractivity contribution in [1.82, 2.24) is 10.6 Å². The van der Waals surface area contributed by atoms with Gasteiger partial charge in [0.1, 0.15) is 0 Å². The lowest BCUT2D eigenvalue weighted by molar-refractivity contribution is -0.125. The Labute approximate surface area is 138 Å². The zero-order chi connectivity index (χ0) is 16.7. The Morgan fingerprint density at radius 1 is 1.13 bits per heavy atom. The largest absolute Gasteiger partial charge is 0.354 e. The lowest BCUT2D eigenvalue weighted by Gasteiger charge is -2.38. The molecule has 1 aliphatic rings. The first-order chi connectivity index (χ1) is 11.1. The van der Waals surface area contributed by atoms with Gasteiger partial charge in [-0.3, -0.25) is 9.59 Å². The van der Waals surface area contributed by atoms with E-state index in [1.54, 1.807) is 0 Å². The smallest absolute Gasteiger partial charge is 0.239 e. The van der Waals surface area contributed by atoms with Crippen molar-refractivity contribution in [2.75, 3.05) is 19.6 Å². The van der Waals surface area contributed by atoms with Crippen LogP contribution in [0, 0.1) is 6.92 Å². The molecule has 1 aromatic rings. The number of hydrogen-bond acceptors (Lipinski definition) is 3. The summed E-state index contributed by atoms with van der Waals surface area (Å²) in [6, 6.07) is 8.58. The van der Waals surface area contributed by atoms with Crippen LogP contribution in [0.4, 0.5) is 0 Å². The Hall–Kier alpha value is -1.88. The molecule has 0 aliphatic heterocycles. The molecule has 1 aromatic carbocycles. The summed E-state index contributed by atoms with van der Waals surface area (Å²) < 4.78 is 0. The highest BCUT2D eigenvalue weighted by Gasteiger charge is 2.34. The zero-order valence-corrected chi connectivity index (χ0v) is 13.9. The molecule has 0 saturated heterocycles. The maximum atomic E-state index is 12.0. The number of carbonyl (C=O) groups is 2. The highest BCUT2D eigenvalue weighted by atomic mass is 16.2. The molecule has 0 unspecified atom stereocenters. The summed E-state index contributed by atoms with van der Waals surface area (Å²) >= 11 is 0. The van der Waals surface area contributed by atoms with E-state index in [2.05, 4.69) is 41.8 Å². The van der Waals surface area contributed by atoms with Gasteiger partial charge >= 0.3 is 0 Å². The first kappa shape index (κ1) is 17.5. The normalized spacial score (nSPS) is 16.6. The number of nitrogens with one attached hydrogen (secondary N) is 2. The molecule has 23 heavy (non-hydrogen) atoms. The number of benzene rings is 1. The average molecular weight is 317 g/mol. The average Bonchev–Trinajstić information content (AvgIpc) is 2.58. The Balaban J connectivity index is 2.02. The minimum atomic E-state index is -0.314. The lowest BCUT2D eigenvalue weighted by Crippen LogP contribution is -2.46. The fraction of sp³-hybridized carbons (Fsp3) is 0.556. The van der Waals surface area contributed by atoms with Crippen molar-refractivity contribution >= 4 is 11.8 Å². The number of hydrogen-bond donors (Lipinski definition) is 3. The van der Waals surface area contributed by atoms with Crippen LogP contribution in [0.1, 0.15) is 43.2 Å². The van der Waals surface area contributed by atoms with Gasteiger partial charge in [0.05, 0.1) is 13.1 Å². The Morgan fingerprint density at radius 3 is 2.52 bits per heavy atom. The first-order valence-corrected chi connectivity index (χ1v) is 8.36. The van der Waals surface area contributed by atoms with Crippen LogP contribution in [0.25, 0.3) is 0 Å². The summed E-state index contributed by atoms with van der Waals surface area (Å²) in [6.07, 6.45) is 5.81. The van der Waals surface area contributed by atoms with E-state index in [0.717, 1.165) is 12.8 Å². The molecule has 0 radical (unpaired) electrons. The molecule has 1 saturated carbocycles. The summed E-state index contributed by atoms with van der Waals surface area (Å²) in [5.74, 6) is -0.476. The molecule has 5 heteroatoms. The summed E-state index contributed by atoms with van der Waals surface area (Å²) in [5.41, 5.74) is 7.78. The summed E-state index contributed by atoms with van der Waals surface area (Å²) in [4.78, 5) is 23.1. The third-order valence-corrected chi connectivity index (χ3v) is 4.70. The molecule has 0 bridgehead atoms. The van der Waals surface area contributed by atoms with E-state index in [9.17, 15) is 9.59 Å². The van der Waals surface area contributed by atoms with E-state index >= 15 is 0 Å². The predicted octanol–water partition coefficient (Wildman–Crippen LogP) is 1.39. The van der Waals surface area contributed by atoms with Gasteiger partial charge in [0.25, 0.3) is 0 Å². The van der Waals surface area contributed by atoms with Gasteiger partial charge in [0.2, 0.25) is 11.8 Å². The number of aryl methyl sites for hydroxylation is 1. The Bertz CT molecular complexity index is 551. The maximum absolute atomic E-state index is 12.0. The molecule has 5 nitrogen and oxygen atoms in total. The standard InChI is InChI=1S/C18H27N3O2/c1-14-6-5-7-15(10-14)18(8-3-2-4-9-18)13-21-17(23)12-20-16(22)11-19/h5-7,10H,2-4,8-9,11-13,19H2,1H3,(H,20,22)(H,21,23). The number of nitrogens with two attached hydrogens (primary N) is 1. The minimum Gasteiger partial charge on any atom is -0.354 e. The minimum absolute atomic E-state index is 0.0117. The molecule has 4 N–H and O–H groups in total. The molecule has 0 aromatic heterocycles. The highest BCUT2D eigenvalue weighted by molar-refractivity contribution is 5.85. The molecule has 2 amide bonds. The van der Waals surface area contributed by atoms with Crippen molar-refractivity contribution in [1.29, 1.82) is 0 Å². The SMILES string of the molecule is Cc1cccc(C2(CNC(=O)CNC(=O)CN)CCCCC2)c1. The Kier molecular flexibility index (Phi) is 6.16. The van der Waals surface area contributed by atoms with Gasteiger partial charge in [0, 0.05) is 12.0 Å². The van der Waals surface area contributed by atoms with Gasteiger partial charge in [-0.25, -0.2) is 0 Å². The number of carbonyl (C=O) groups excluding carboxylic acids is 2. The molecule has 126 valence electrons. The van der Waals surface area contributed by atoms with Crippen LogP contribution in [0.15, 0.2) is 24.3 Å². The zero-order valence-electron chi connectivity index (χ0n) is 13.9. The summed E-state index contributed by atoms with van der Waals surface area (Å²) in [5, 5.41) is 5.50. The first-order valence-electron chi connectivity index (χ1n) is 8.36. The number of rotatable bonds is 6. The van der Waals surface area contributed by atoms with Gasteiger partial charge in [-0.1, -0.05) is 49.1 Å². The molecule has 1 aliphatic carbocycles. The van der Waals surface area contributed by atoms with Crippen LogP contribution in [0.2, 0.25) is 0 Å². The van der Waals surface area contributed by atoms with E-state index < -0.39 is 0 Å². The van der Waals surface area contributed by atoms with Crippen molar-refractivity contribution < 1.29 is 9.59 Å².